The Balaban J connectivity index is 1.54. The number of carbonyl (C=O) groups excluding carboxylic acids is 1. The van der Waals surface area contributed by atoms with Crippen LogP contribution >= 0.6 is 0 Å². The zero-order valence-electron chi connectivity index (χ0n) is 14.6. The topological polar surface area (TPSA) is 49.3 Å². The molecule has 2 fully saturated rings. The van der Waals surface area contributed by atoms with Gasteiger partial charge in [0.1, 0.15) is 0 Å². The van der Waals surface area contributed by atoms with Crippen molar-refractivity contribution in [3.63, 3.8) is 0 Å². The zero-order chi connectivity index (χ0) is 17.3. The smallest absolute Gasteiger partial charge is 0.230 e. The van der Waals surface area contributed by atoms with Crippen LogP contribution in [0.3, 0.4) is 0 Å². The SMILES string of the molecule is CCN1C(=O)C(c2ccccc2)CC12CCN(c1ncccn1)CC2. The molecule has 1 spiro atoms. The van der Waals surface area contributed by atoms with E-state index in [2.05, 4.69) is 38.8 Å². The molecule has 0 aliphatic carbocycles. The maximum atomic E-state index is 13.0. The van der Waals surface area contributed by atoms with Crippen LogP contribution in [0.5, 0.6) is 0 Å². The molecule has 3 heterocycles. The standard InChI is InChI=1S/C20H24N4O/c1-2-24-18(25)17(16-7-4-3-5-8-16)15-20(24)9-13-23(14-10-20)19-21-11-6-12-22-19/h3-8,11-12,17H,2,9-10,13-15H2,1H3. The number of likely N-dealkylation sites (N-methyl/N-ethyl adjacent to an activating group) is 1. The molecule has 2 aromatic rings. The van der Waals surface area contributed by atoms with Crippen molar-refractivity contribution >= 4 is 11.9 Å². The largest absolute Gasteiger partial charge is 0.341 e. The van der Waals surface area contributed by atoms with Gasteiger partial charge in [0.25, 0.3) is 0 Å². The lowest BCUT2D eigenvalue weighted by Crippen LogP contribution is -2.53. The first-order valence-corrected chi connectivity index (χ1v) is 9.12. The van der Waals surface area contributed by atoms with Gasteiger partial charge >= 0.3 is 0 Å². The number of rotatable bonds is 3. The highest BCUT2D eigenvalue weighted by Gasteiger charge is 2.51. The number of benzene rings is 1. The fraction of sp³-hybridized carbons (Fsp3) is 0.450. The maximum absolute atomic E-state index is 13.0. The summed E-state index contributed by atoms with van der Waals surface area (Å²) in [6.07, 6.45) is 6.46. The molecule has 5 nitrogen and oxygen atoms in total. The van der Waals surface area contributed by atoms with Crippen molar-refractivity contribution in [3.05, 3.63) is 54.4 Å². The van der Waals surface area contributed by atoms with Gasteiger partial charge in [-0.2, -0.15) is 0 Å². The first-order chi connectivity index (χ1) is 12.2. The number of piperidine rings is 1. The summed E-state index contributed by atoms with van der Waals surface area (Å²) in [5.41, 5.74) is 1.13. The Labute approximate surface area is 148 Å². The summed E-state index contributed by atoms with van der Waals surface area (Å²) in [6, 6.07) is 12.1. The molecular weight excluding hydrogens is 312 g/mol. The second kappa shape index (κ2) is 6.47. The molecule has 0 saturated carbocycles. The van der Waals surface area contributed by atoms with Crippen molar-refractivity contribution in [3.8, 4) is 0 Å². The number of hydrogen-bond donors (Lipinski definition) is 0. The molecule has 1 amide bonds. The molecule has 1 aromatic heterocycles. The Kier molecular flexibility index (Phi) is 4.15. The fourth-order valence-corrected chi connectivity index (χ4v) is 4.49. The Bertz CT molecular complexity index is 726. The van der Waals surface area contributed by atoms with Crippen molar-refractivity contribution in [2.24, 2.45) is 0 Å². The lowest BCUT2D eigenvalue weighted by Gasteiger charge is -2.44. The lowest BCUT2D eigenvalue weighted by molar-refractivity contribution is -0.132. The van der Waals surface area contributed by atoms with Crippen LogP contribution in [0.2, 0.25) is 0 Å². The van der Waals surface area contributed by atoms with Crippen LogP contribution in [0, 0.1) is 0 Å². The van der Waals surface area contributed by atoms with Gasteiger partial charge in [-0.1, -0.05) is 30.3 Å². The number of anilines is 1. The van der Waals surface area contributed by atoms with E-state index in [1.165, 1.54) is 0 Å². The summed E-state index contributed by atoms with van der Waals surface area (Å²) in [4.78, 5) is 26.2. The predicted molar refractivity (Wildman–Crippen MR) is 97.4 cm³/mol. The number of carbonyl (C=O) groups is 1. The summed E-state index contributed by atoms with van der Waals surface area (Å²) < 4.78 is 0. The Morgan fingerprint density at radius 1 is 1.08 bits per heavy atom. The average Bonchev–Trinajstić information content (AvgIpc) is 2.95. The third-order valence-corrected chi connectivity index (χ3v) is 5.77. The predicted octanol–water partition coefficient (Wildman–Crippen LogP) is 2.85. The van der Waals surface area contributed by atoms with Gasteiger partial charge in [-0.3, -0.25) is 4.79 Å². The van der Waals surface area contributed by atoms with Crippen LogP contribution in [0.15, 0.2) is 48.8 Å². The van der Waals surface area contributed by atoms with Gasteiger partial charge in [-0.15, -0.1) is 0 Å². The minimum Gasteiger partial charge on any atom is -0.341 e. The van der Waals surface area contributed by atoms with Crippen LogP contribution in [-0.2, 0) is 4.79 Å². The fourth-order valence-electron chi connectivity index (χ4n) is 4.49. The molecule has 1 unspecified atom stereocenters. The van der Waals surface area contributed by atoms with E-state index in [1.54, 1.807) is 12.4 Å². The normalized spacial score (nSPS) is 22.6. The summed E-state index contributed by atoms with van der Waals surface area (Å²) in [5, 5.41) is 0. The molecule has 0 N–H and O–H groups in total. The minimum atomic E-state index is -0.0162. The number of amides is 1. The van der Waals surface area contributed by atoms with E-state index in [0.717, 1.165) is 50.4 Å². The highest BCUT2D eigenvalue weighted by atomic mass is 16.2. The second-order valence-corrected chi connectivity index (χ2v) is 7.01. The molecule has 25 heavy (non-hydrogen) atoms. The number of likely N-dealkylation sites (tertiary alicyclic amines) is 1. The van der Waals surface area contributed by atoms with Crippen LogP contribution in [0.25, 0.3) is 0 Å². The van der Waals surface area contributed by atoms with E-state index in [0.29, 0.717) is 0 Å². The molecular formula is C20H24N4O. The molecule has 2 aliphatic rings. The lowest BCUT2D eigenvalue weighted by atomic mass is 9.81. The third kappa shape index (κ3) is 2.77. The first-order valence-electron chi connectivity index (χ1n) is 9.12. The second-order valence-electron chi connectivity index (χ2n) is 7.01. The number of nitrogens with zero attached hydrogens (tertiary/aromatic N) is 4. The van der Waals surface area contributed by atoms with E-state index in [-0.39, 0.29) is 17.4 Å². The average molecular weight is 336 g/mol. The zero-order valence-corrected chi connectivity index (χ0v) is 14.6. The van der Waals surface area contributed by atoms with Gasteiger partial charge in [0.15, 0.2) is 0 Å². The minimum absolute atomic E-state index is 0.000625. The van der Waals surface area contributed by atoms with Crippen molar-refractivity contribution in [2.45, 2.75) is 37.6 Å². The molecule has 4 rings (SSSR count). The van der Waals surface area contributed by atoms with Crippen LogP contribution in [-0.4, -0.2) is 45.9 Å². The molecule has 0 bridgehead atoms. The van der Waals surface area contributed by atoms with E-state index < -0.39 is 0 Å². The van der Waals surface area contributed by atoms with Crippen molar-refractivity contribution in [2.75, 3.05) is 24.5 Å². The van der Waals surface area contributed by atoms with Crippen LogP contribution in [0.1, 0.15) is 37.7 Å². The molecule has 2 aliphatic heterocycles. The quantitative estimate of drug-likeness (QED) is 0.865. The maximum Gasteiger partial charge on any atom is 0.230 e. The number of hydrogen-bond acceptors (Lipinski definition) is 4. The highest BCUT2D eigenvalue weighted by molar-refractivity contribution is 5.87. The van der Waals surface area contributed by atoms with E-state index in [9.17, 15) is 4.79 Å². The van der Waals surface area contributed by atoms with Gasteiger partial charge in [0.2, 0.25) is 11.9 Å². The number of aromatic nitrogens is 2. The Hall–Kier alpha value is -2.43. The summed E-state index contributed by atoms with van der Waals surface area (Å²) >= 11 is 0. The van der Waals surface area contributed by atoms with Gasteiger partial charge in [-0.25, -0.2) is 9.97 Å². The monoisotopic (exact) mass is 336 g/mol. The molecule has 2 saturated heterocycles. The summed E-state index contributed by atoms with van der Waals surface area (Å²) in [6.45, 7) is 4.67. The van der Waals surface area contributed by atoms with Gasteiger partial charge in [-0.05, 0) is 37.8 Å². The molecule has 0 radical (unpaired) electrons. The van der Waals surface area contributed by atoms with E-state index in [1.807, 2.05) is 24.3 Å². The van der Waals surface area contributed by atoms with E-state index >= 15 is 0 Å². The molecule has 130 valence electrons. The molecule has 1 aromatic carbocycles. The first kappa shape index (κ1) is 16.1. The summed E-state index contributed by atoms with van der Waals surface area (Å²) in [5.74, 6) is 1.09. The third-order valence-electron chi connectivity index (χ3n) is 5.77. The van der Waals surface area contributed by atoms with E-state index in [4.69, 9.17) is 0 Å². The highest BCUT2D eigenvalue weighted by Crippen LogP contribution is 2.45. The Morgan fingerprint density at radius 2 is 1.76 bits per heavy atom. The van der Waals surface area contributed by atoms with Gasteiger partial charge < -0.3 is 9.80 Å². The van der Waals surface area contributed by atoms with Crippen molar-refractivity contribution in [1.29, 1.82) is 0 Å². The molecule has 1 atom stereocenters. The molecule has 5 heteroatoms. The Morgan fingerprint density at radius 3 is 2.40 bits per heavy atom. The van der Waals surface area contributed by atoms with Crippen LogP contribution < -0.4 is 4.90 Å². The van der Waals surface area contributed by atoms with Crippen molar-refractivity contribution < 1.29 is 4.79 Å². The van der Waals surface area contributed by atoms with Crippen molar-refractivity contribution in [1.82, 2.24) is 14.9 Å². The summed E-state index contributed by atoms with van der Waals surface area (Å²) in [7, 11) is 0. The van der Waals surface area contributed by atoms with Gasteiger partial charge in [0, 0.05) is 37.6 Å². The van der Waals surface area contributed by atoms with Gasteiger partial charge in [0.05, 0.1) is 5.92 Å². The van der Waals surface area contributed by atoms with Crippen LogP contribution in [0.4, 0.5) is 5.95 Å².